The summed E-state index contributed by atoms with van der Waals surface area (Å²) >= 11 is 4.45. The van der Waals surface area contributed by atoms with Crippen molar-refractivity contribution in [1.82, 2.24) is 4.98 Å². The first-order valence-electron chi connectivity index (χ1n) is 4.45. The van der Waals surface area contributed by atoms with Crippen LogP contribution in [0.4, 0.5) is 0 Å². The second kappa shape index (κ2) is 4.65. The lowest BCUT2D eigenvalue weighted by Gasteiger charge is -2.01. The molecule has 16 heavy (non-hydrogen) atoms. The van der Waals surface area contributed by atoms with Gasteiger partial charge in [0.25, 0.3) is 0 Å². The average Bonchev–Trinajstić information content (AvgIpc) is 2.69. The van der Waals surface area contributed by atoms with Crippen LogP contribution in [0.5, 0.6) is 0 Å². The molecule has 0 unspecified atom stereocenters. The summed E-state index contributed by atoms with van der Waals surface area (Å²) in [6.07, 6.45) is 1.50. The van der Waals surface area contributed by atoms with E-state index in [2.05, 4.69) is 20.9 Å². The highest BCUT2D eigenvalue weighted by Gasteiger charge is 2.17. The molecule has 0 amide bonds. The molecule has 0 saturated heterocycles. The van der Waals surface area contributed by atoms with Crippen molar-refractivity contribution in [1.29, 1.82) is 0 Å². The summed E-state index contributed by atoms with van der Waals surface area (Å²) in [7, 11) is -3.30. The summed E-state index contributed by atoms with van der Waals surface area (Å²) in [5.74, 6) is -0.0139. The lowest BCUT2D eigenvalue weighted by Crippen LogP contribution is -2.04. The maximum Gasteiger partial charge on any atom is 0.209 e. The van der Waals surface area contributed by atoms with Crippen molar-refractivity contribution in [3.63, 3.8) is 0 Å². The van der Waals surface area contributed by atoms with Crippen LogP contribution >= 0.6 is 27.3 Å². The van der Waals surface area contributed by atoms with Crippen LogP contribution in [0.15, 0.2) is 44.7 Å². The van der Waals surface area contributed by atoms with Crippen LogP contribution in [0.2, 0.25) is 0 Å². The molecule has 0 radical (unpaired) electrons. The number of benzene rings is 1. The summed E-state index contributed by atoms with van der Waals surface area (Å²) in [6.45, 7) is 0. The number of nitrogens with zero attached hydrogens (tertiary/aromatic N) is 1. The zero-order valence-corrected chi connectivity index (χ0v) is 11.3. The predicted octanol–water partition coefficient (Wildman–Crippen LogP) is 2.88. The van der Waals surface area contributed by atoms with Crippen molar-refractivity contribution in [2.75, 3.05) is 0 Å². The molecule has 0 atom stereocenters. The molecular weight excluding hydrogens is 310 g/mol. The van der Waals surface area contributed by atoms with Gasteiger partial charge in [-0.15, -0.1) is 11.3 Å². The van der Waals surface area contributed by atoms with Crippen LogP contribution in [-0.2, 0) is 15.6 Å². The Labute approximate surface area is 106 Å². The highest BCUT2D eigenvalue weighted by molar-refractivity contribution is 9.10. The first kappa shape index (κ1) is 11.8. The van der Waals surface area contributed by atoms with Crippen LogP contribution in [-0.4, -0.2) is 13.4 Å². The zero-order valence-electron chi connectivity index (χ0n) is 8.13. The van der Waals surface area contributed by atoms with E-state index in [1.54, 1.807) is 17.5 Å². The Balaban J connectivity index is 2.29. The van der Waals surface area contributed by atoms with Crippen LogP contribution in [0, 0.1) is 0 Å². The van der Waals surface area contributed by atoms with E-state index in [4.69, 9.17) is 0 Å². The fourth-order valence-corrected chi connectivity index (χ4v) is 3.97. The average molecular weight is 318 g/mol. The third-order valence-corrected chi connectivity index (χ3v) is 5.38. The minimum atomic E-state index is -3.30. The van der Waals surface area contributed by atoms with E-state index in [1.165, 1.54) is 6.20 Å². The Kier molecular flexibility index (Phi) is 3.41. The maximum atomic E-state index is 11.9. The molecule has 1 aromatic heterocycles. The molecule has 3 nitrogen and oxygen atoms in total. The van der Waals surface area contributed by atoms with Gasteiger partial charge in [-0.1, -0.05) is 28.1 Å². The number of sulfone groups is 1. The van der Waals surface area contributed by atoms with Gasteiger partial charge in [-0.25, -0.2) is 13.4 Å². The number of thiazole rings is 1. The minimum Gasteiger partial charge on any atom is -0.234 e. The van der Waals surface area contributed by atoms with Crippen molar-refractivity contribution in [2.24, 2.45) is 0 Å². The second-order valence-electron chi connectivity index (χ2n) is 3.19. The van der Waals surface area contributed by atoms with Crippen LogP contribution in [0.3, 0.4) is 0 Å². The van der Waals surface area contributed by atoms with Crippen molar-refractivity contribution in [3.8, 4) is 0 Å². The van der Waals surface area contributed by atoms with E-state index in [0.29, 0.717) is 0 Å². The SMILES string of the molecule is O=S(=O)(Cc1cccc(Br)c1)c1nccs1. The van der Waals surface area contributed by atoms with E-state index in [0.717, 1.165) is 21.4 Å². The summed E-state index contributed by atoms with van der Waals surface area (Å²) in [5, 5.41) is 1.66. The fraction of sp³-hybridized carbons (Fsp3) is 0.100. The highest BCUT2D eigenvalue weighted by atomic mass is 79.9. The van der Waals surface area contributed by atoms with Crippen molar-refractivity contribution in [3.05, 3.63) is 45.9 Å². The normalized spacial score (nSPS) is 11.6. The van der Waals surface area contributed by atoms with Crippen LogP contribution in [0.25, 0.3) is 0 Å². The van der Waals surface area contributed by atoms with Gasteiger partial charge in [0, 0.05) is 16.0 Å². The van der Waals surface area contributed by atoms with Crippen LogP contribution < -0.4 is 0 Å². The molecule has 0 aliphatic rings. The van der Waals surface area contributed by atoms with Gasteiger partial charge in [-0.2, -0.15) is 0 Å². The van der Waals surface area contributed by atoms with Gasteiger partial charge in [-0.3, -0.25) is 0 Å². The van der Waals surface area contributed by atoms with E-state index in [-0.39, 0.29) is 10.1 Å². The molecular formula is C10H8BrNO2S2. The summed E-state index contributed by atoms with van der Waals surface area (Å²) in [4.78, 5) is 3.83. The largest absolute Gasteiger partial charge is 0.234 e. The second-order valence-corrected chi connectivity index (χ2v) is 7.16. The van der Waals surface area contributed by atoms with Gasteiger partial charge in [-0.05, 0) is 17.7 Å². The van der Waals surface area contributed by atoms with Crippen molar-refractivity contribution < 1.29 is 8.42 Å². The Bertz CT molecular complexity index is 579. The van der Waals surface area contributed by atoms with Gasteiger partial charge in [0.05, 0.1) is 5.75 Å². The van der Waals surface area contributed by atoms with Gasteiger partial charge < -0.3 is 0 Å². The fourth-order valence-electron chi connectivity index (χ4n) is 1.27. The molecule has 2 rings (SSSR count). The van der Waals surface area contributed by atoms with Gasteiger partial charge >= 0.3 is 0 Å². The number of hydrogen-bond donors (Lipinski definition) is 0. The summed E-state index contributed by atoms with van der Waals surface area (Å²) in [6, 6.07) is 7.26. The molecule has 1 heterocycles. The number of rotatable bonds is 3. The third-order valence-electron chi connectivity index (χ3n) is 1.92. The third kappa shape index (κ3) is 2.69. The smallest absolute Gasteiger partial charge is 0.209 e. The maximum absolute atomic E-state index is 11.9. The number of halogens is 1. The first-order valence-corrected chi connectivity index (χ1v) is 7.77. The molecule has 0 aliphatic carbocycles. The molecule has 0 bridgehead atoms. The summed E-state index contributed by atoms with van der Waals surface area (Å²) in [5.41, 5.74) is 0.754. The van der Waals surface area contributed by atoms with Crippen molar-refractivity contribution in [2.45, 2.75) is 10.1 Å². The molecule has 6 heteroatoms. The standard InChI is InChI=1S/C10H8BrNO2S2/c11-9-3-1-2-8(6-9)7-16(13,14)10-12-4-5-15-10/h1-6H,7H2. The lowest BCUT2D eigenvalue weighted by molar-refractivity contribution is 0.594. The summed E-state index contributed by atoms with van der Waals surface area (Å²) < 4.78 is 24.9. The Morgan fingerprint density at radius 3 is 2.81 bits per heavy atom. The van der Waals surface area contributed by atoms with E-state index in [1.807, 2.05) is 12.1 Å². The molecule has 0 aliphatic heterocycles. The van der Waals surface area contributed by atoms with Gasteiger partial charge in [0.1, 0.15) is 0 Å². The molecule has 0 spiro atoms. The Hall–Kier alpha value is -0.720. The first-order chi connectivity index (χ1) is 7.58. The zero-order chi connectivity index (χ0) is 11.6. The van der Waals surface area contributed by atoms with E-state index in [9.17, 15) is 8.42 Å². The molecule has 2 aromatic rings. The van der Waals surface area contributed by atoms with Gasteiger partial charge in [0.15, 0.2) is 0 Å². The predicted molar refractivity (Wildman–Crippen MR) is 67.1 cm³/mol. The van der Waals surface area contributed by atoms with Crippen molar-refractivity contribution >= 4 is 37.1 Å². The molecule has 0 saturated carbocycles. The minimum absolute atomic E-state index is 0.0139. The van der Waals surface area contributed by atoms with E-state index < -0.39 is 9.84 Å². The topological polar surface area (TPSA) is 47.0 Å². The molecule has 0 fully saturated rings. The van der Waals surface area contributed by atoms with Gasteiger partial charge in [0.2, 0.25) is 14.2 Å². The lowest BCUT2D eigenvalue weighted by atomic mass is 10.2. The Morgan fingerprint density at radius 1 is 1.38 bits per heavy atom. The Morgan fingerprint density at radius 2 is 2.19 bits per heavy atom. The molecule has 1 aromatic carbocycles. The quantitative estimate of drug-likeness (QED) is 0.874. The molecule has 84 valence electrons. The van der Waals surface area contributed by atoms with Crippen LogP contribution in [0.1, 0.15) is 5.56 Å². The number of hydrogen-bond acceptors (Lipinski definition) is 4. The molecule has 0 N–H and O–H groups in total. The monoisotopic (exact) mass is 317 g/mol. The van der Waals surface area contributed by atoms with E-state index >= 15 is 0 Å². The number of aromatic nitrogens is 1. The highest BCUT2D eigenvalue weighted by Crippen LogP contribution is 2.20.